The molecule has 0 fully saturated rings. The third-order valence-corrected chi connectivity index (χ3v) is 4.63. The van der Waals surface area contributed by atoms with Crippen molar-refractivity contribution in [3.8, 4) is 17.6 Å². The van der Waals surface area contributed by atoms with Crippen molar-refractivity contribution in [3.63, 3.8) is 0 Å². The van der Waals surface area contributed by atoms with Crippen LogP contribution in [0.3, 0.4) is 0 Å². The number of carbonyl (C=O) groups excluding carboxylic acids is 1. The van der Waals surface area contributed by atoms with Gasteiger partial charge in [-0.3, -0.25) is 4.79 Å². The predicted molar refractivity (Wildman–Crippen MR) is 106 cm³/mol. The van der Waals surface area contributed by atoms with Crippen LogP contribution in [0.4, 0.5) is 0 Å². The normalized spacial score (nSPS) is 10.9. The molecule has 27 heavy (non-hydrogen) atoms. The lowest BCUT2D eigenvalue weighted by Crippen LogP contribution is -2.26. The molecule has 0 radical (unpaired) electrons. The Morgan fingerprint density at radius 3 is 2.59 bits per heavy atom. The molecule has 7 heteroatoms. The second kappa shape index (κ2) is 9.86. The van der Waals surface area contributed by atoms with E-state index in [1.54, 1.807) is 38.5 Å². The van der Waals surface area contributed by atoms with Crippen molar-refractivity contribution in [1.29, 1.82) is 5.26 Å². The maximum absolute atomic E-state index is 12.3. The molecule has 0 heterocycles. The summed E-state index contributed by atoms with van der Waals surface area (Å²) in [5, 5.41) is 12.7. The van der Waals surface area contributed by atoms with Gasteiger partial charge < -0.3 is 14.8 Å². The van der Waals surface area contributed by atoms with E-state index in [0.29, 0.717) is 40.1 Å². The maximum atomic E-state index is 12.3. The Balaban J connectivity index is 2.03. The number of halogens is 2. The van der Waals surface area contributed by atoms with E-state index in [9.17, 15) is 10.1 Å². The number of nitrogens with zero attached hydrogens (tertiary/aromatic N) is 1. The fourth-order valence-corrected chi connectivity index (χ4v) is 2.75. The summed E-state index contributed by atoms with van der Waals surface area (Å²) in [4.78, 5) is 12.3. The van der Waals surface area contributed by atoms with E-state index in [1.807, 2.05) is 18.2 Å². The summed E-state index contributed by atoms with van der Waals surface area (Å²) in [6, 6.07) is 12.4. The van der Waals surface area contributed by atoms with Gasteiger partial charge >= 0.3 is 0 Å². The van der Waals surface area contributed by atoms with Gasteiger partial charge in [-0.15, -0.1) is 0 Å². The number of amides is 1. The molecule has 2 aromatic rings. The summed E-state index contributed by atoms with van der Waals surface area (Å²) < 4.78 is 10.5. The number of hydrogen-bond acceptors (Lipinski definition) is 4. The maximum Gasteiger partial charge on any atom is 0.261 e. The number of nitriles is 1. The minimum Gasteiger partial charge on any atom is -0.493 e. The number of nitrogens with one attached hydrogen (secondary N) is 1. The zero-order chi connectivity index (χ0) is 19.8. The highest BCUT2D eigenvalue weighted by Crippen LogP contribution is 2.28. The van der Waals surface area contributed by atoms with Crippen LogP contribution in [0.15, 0.2) is 42.0 Å². The number of methoxy groups -OCH3 is 2. The standard InChI is InChI=1S/C20H18Cl2N2O3/c1-26-17-7-6-13(10-18(17)27-2)8-9-24-20(25)15(12-23)11-14-4-3-5-16(21)19(14)22/h3-7,10-11H,8-9H2,1-2H3,(H,24,25)/b15-11+. The van der Waals surface area contributed by atoms with Crippen molar-refractivity contribution in [2.24, 2.45) is 0 Å². The van der Waals surface area contributed by atoms with Crippen LogP contribution in [0.2, 0.25) is 10.0 Å². The van der Waals surface area contributed by atoms with Crippen molar-refractivity contribution < 1.29 is 14.3 Å². The van der Waals surface area contributed by atoms with Crippen LogP contribution < -0.4 is 14.8 Å². The first-order valence-corrected chi connectivity index (χ1v) is 8.80. The molecule has 0 bridgehead atoms. The molecule has 0 aromatic heterocycles. The highest BCUT2D eigenvalue weighted by atomic mass is 35.5. The third-order valence-electron chi connectivity index (χ3n) is 3.79. The van der Waals surface area contributed by atoms with E-state index in [2.05, 4.69) is 5.32 Å². The SMILES string of the molecule is COc1ccc(CCNC(=O)/C(C#N)=C/c2cccc(Cl)c2Cl)cc1OC. The second-order valence-electron chi connectivity index (χ2n) is 5.51. The van der Waals surface area contributed by atoms with E-state index in [0.717, 1.165) is 5.56 Å². The van der Waals surface area contributed by atoms with Gasteiger partial charge in [0.25, 0.3) is 5.91 Å². The first-order valence-electron chi connectivity index (χ1n) is 8.05. The van der Waals surface area contributed by atoms with Crippen LogP contribution in [0.25, 0.3) is 6.08 Å². The van der Waals surface area contributed by atoms with Crippen LogP contribution in [-0.2, 0) is 11.2 Å². The molecule has 1 N–H and O–H groups in total. The molecule has 0 saturated heterocycles. The zero-order valence-corrected chi connectivity index (χ0v) is 16.4. The molecule has 0 saturated carbocycles. The van der Waals surface area contributed by atoms with Gasteiger partial charge in [0.1, 0.15) is 11.6 Å². The summed E-state index contributed by atoms with van der Waals surface area (Å²) in [5.41, 5.74) is 1.43. The Hall–Kier alpha value is -2.68. The first-order chi connectivity index (χ1) is 13.0. The Bertz CT molecular complexity index is 905. The highest BCUT2D eigenvalue weighted by Gasteiger charge is 2.11. The van der Waals surface area contributed by atoms with E-state index in [1.165, 1.54) is 6.08 Å². The van der Waals surface area contributed by atoms with Crippen molar-refractivity contribution in [2.45, 2.75) is 6.42 Å². The molecular formula is C20H18Cl2N2O3. The topological polar surface area (TPSA) is 71.3 Å². The Morgan fingerprint density at radius 2 is 1.93 bits per heavy atom. The van der Waals surface area contributed by atoms with Crippen LogP contribution in [0.1, 0.15) is 11.1 Å². The fraction of sp³-hybridized carbons (Fsp3) is 0.200. The van der Waals surface area contributed by atoms with Crippen molar-refractivity contribution in [2.75, 3.05) is 20.8 Å². The number of carbonyl (C=O) groups is 1. The molecule has 0 aliphatic rings. The van der Waals surface area contributed by atoms with Gasteiger partial charge in [0, 0.05) is 6.54 Å². The number of benzene rings is 2. The molecule has 2 rings (SSSR count). The molecule has 140 valence electrons. The number of rotatable bonds is 7. The van der Waals surface area contributed by atoms with Crippen LogP contribution >= 0.6 is 23.2 Å². The van der Waals surface area contributed by atoms with Crippen LogP contribution in [-0.4, -0.2) is 26.7 Å². The second-order valence-corrected chi connectivity index (χ2v) is 6.29. The molecule has 0 spiro atoms. The van der Waals surface area contributed by atoms with Gasteiger partial charge in [-0.25, -0.2) is 0 Å². The average molecular weight is 405 g/mol. The minimum absolute atomic E-state index is 0.0496. The van der Waals surface area contributed by atoms with Gasteiger partial charge in [0.2, 0.25) is 0 Å². The lowest BCUT2D eigenvalue weighted by atomic mass is 10.1. The van der Waals surface area contributed by atoms with Crippen LogP contribution in [0.5, 0.6) is 11.5 Å². The van der Waals surface area contributed by atoms with Gasteiger partial charge in [0.05, 0.1) is 24.3 Å². The molecule has 5 nitrogen and oxygen atoms in total. The summed E-state index contributed by atoms with van der Waals surface area (Å²) in [5.74, 6) is 0.780. The van der Waals surface area contributed by atoms with Gasteiger partial charge in [-0.1, -0.05) is 41.4 Å². The molecule has 2 aromatic carbocycles. The summed E-state index contributed by atoms with van der Waals surface area (Å²) in [6.07, 6.45) is 1.99. The first kappa shape index (κ1) is 20.6. The predicted octanol–water partition coefficient (Wildman–Crippen LogP) is 4.28. The Kier molecular flexibility index (Phi) is 7.54. The summed E-state index contributed by atoms with van der Waals surface area (Å²) in [7, 11) is 3.13. The van der Waals surface area contributed by atoms with E-state index < -0.39 is 5.91 Å². The molecular weight excluding hydrogens is 387 g/mol. The van der Waals surface area contributed by atoms with Crippen LogP contribution in [0, 0.1) is 11.3 Å². The van der Waals surface area contributed by atoms with E-state index >= 15 is 0 Å². The molecule has 0 aliphatic heterocycles. The largest absolute Gasteiger partial charge is 0.493 e. The van der Waals surface area contributed by atoms with Gasteiger partial charge in [0.15, 0.2) is 11.5 Å². The molecule has 0 atom stereocenters. The Labute approximate surface area is 168 Å². The average Bonchev–Trinajstić information content (AvgIpc) is 2.68. The smallest absolute Gasteiger partial charge is 0.261 e. The minimum atomic E-state index is -0.478. The van der Waals surface area contributed by atoms with E-state index in [4.69, 9.17) is 32.7 Å². The number of hydrogen-bond donors (Lipinski definition) is 1. The molecule has 0 unspecified atom stereocenters. The molecule has 1 amide bonds. The van der Waals surface area contributed by atoms with Crippen molar-refractivity contribution in [3.05, 3.63) is 63.1 Å². The van der Waals surface area contributed by atoms with Crippen molar-refractivity contribution >= 4 is 35.2 Å². The monoisotopic (exact) mass is 404 g/mol. The fourth-order valence-electron chi connectivity index (χ4n) is 2.39. The van der Waals surface area contributed by atoms with Gasteiger partial charge in [-0.2, -0.15) is 5.26 Å². The summed E-state index contributed by atoms with van der Waals surface area (Å²) in [6.45, 7) is 0.358. The van der Waals surface area contributed by atoms with Crippen molar-refractivity contribution in [1.82, 2.24) is 5.32 Å². The number of ether oxygens (including phenoxy) is 2. The zero-order valence-electron chi connectivity index (χ0n) is 14.9. The molecule has 0 aliphatic carbocycles. The summed E-state index contributed by atoms with van der Waals surface area (Å²) >= 11 is 12.1. The lowest BCUT2D eigenvalue weighted by Gasteiger charge is -2.10. The quantitative estimate of drug-likeness (QED) is 0.552. The Morgan fingerprint density at radius 1 is 1.19 bits per heavy atom. The van der Waals surface area contributed by atoms with E-state index in [-0.39, 0.29) is 5.57 Å². The lowest BCUT2D eigenvalue weighted by molar-refractivity contribution is -0.117. The van der Waals surface area contributed by atoms with Gasteiger partial charge in [-0.05, 0) is 41.8 Å². The third kappa shape index (κ3) is 5.40. The highest BCUT2D eigenvalue weighted by molar-refractivity contribution is 6.43.